The van der Waals surface area contributed by atoms with Crippen LogP contribution < -0.4 is 10.5 Å². The van der Waals surface area contributed by atoms with Gasteiger partial charge in [-0.25, -0.2) is 4.98 Å². The SMILES string of the molecule is CC#CCOc1ncccc1C(N)=S. The summed E-state index contributed by atoms with van der Waals surface area (Å²) in [7, 11) is 0. The number of rotatable bonds is 3. The molecule has 0 radical (unpaired) electrons. The van der Waals surface area contributed by atoms with E-state index in [0.29, 0.717) is 18.1 Å². The van der Waals surface area contributed by atoms with Crippen molar-refractivity contribution in [2.45, 2.75) is 6.92 Å². The molecule has 0 saturated heterocycles. The molecule has 0 aliphatic rings. The van der Waals surface area contributed by atoms with E-state index in [4.69, 9.17) is 22.7 Å². The second-order valence-electron chi connectivity index (χ2n) is 2.44. The van der Waals surface area contributed by atoms with Gasteiger partial charge in [-0.2, -0.15) is 0 Å². The van der Waals surface area contributed by atoms with Gasteiger partial charge in [0.25, 0.3) is 0 Å². The van der Waals surface area contributed by atoms with Crippen LogP contribution >= 0.6 is 12.2 Å². The molecule has 0 aliphatic heterocycles. The molecule has 14 heavy (non-hydrogen) atoms. The number of hydrogen-bond donors (Lipinski definition) is 1. The van der Waals surface area contributed by atoms with E-state index in [1.165, 1.54) is 0 Å². The fourth-order valence-corrected chi connectivity index (χ4v) is 1.03. The van der Waals surface area contributed by atoms with E-state index in [2.05, 4.69) is 16.8 Å². The zero-order chi connectivity index (χ0) is 10.4. The van der Waals surface area contributed by atoms with Crippen molar-refractivity contribution < 1.29 is 4.74 Å². The first-order chi connectivity index (χ1) is 6.75. The maximum absolute atomic E-state index is 5.49. The zero-order valence-corrected chi connectivity index (χ0v) is 8.60. The lowest BCUT2D eigenvalue weighted by Crippen LogP contribution is -2.12. The molecule has 0 saturated carbocycles. The summed E-state index contributed by atoms with van der Waals surface area (Å²) in [6.45, 7) is 2.04. The monoisotopic (exact) mass is 206 g/mol. The third-order valence-corrected chi connectivity index (χ3v) is 1.71. The molecule has 1 aromatic heterocycles. The molecule has 1 rings (SSSR count). The predicted octanol–water partition coefficient (Wildman–Crippen LogP) is 1.12. The molecule has 0 aromatic carbocycles. The van der Waals surface area contributed by atoms with Crippen molar-refractivity contribution in [1.82, 2.24) is 4.98 Å². The van der Waals surface area contributed by atoms with Crippen molar-refractivity contribution in [3.63, 3.8) is 0 Å². The summed E-state index contributed by atoms with van der Waals surface area (Å²) in [5.41, 5.74) is 6.13. The van der Waals surface area contributed by atoms with Crippen LogP contribution in [-0.2, 0) is 0 Å². The molecular weight excluding hydrogens is 196 g/mol. The first-order valence-electron chi connectivity index (χ1n) is 4.03. The number of nitrogens with two attached hydrogens (primary N) is 1. The van der Waals surface area contributed by atoms with Crippen LogP contribution in [0.3, 0.4) is 0 Å². The van der Waals surface area contributed by atoms with Crippen molar-refractivity contribution in [1.29, 1.82) is 0 Å². The van der Waals surface area contributed by atoms with Gasteiger partial charge in [-0.1, -0.05) is 18.1 Å². The topological polar surface area (TPSA) is 48.1 Å². The minimum atomic E-state index is 0.276. The maximum atomic E-state index is 5.49. The van der Waals surface area contributed by atoms with Gasteiger partial charge in [-0.15, -0.1) is 5.92 Å². The predicted molar refractivity (Wildman–Crippen MR) is 59.1 cm³/mol. The van der Waals surface area contributed by atoms with Crippen LogP contribution in [0, 0.1) is 11.8 Å². The van der Waals surface area contributed by atoms with Crippen molar-refractivity contribution in [2.75, 3.05) is 6.61 Å². The number of hydrogen-bond acceptors (Lipinski definition) is 3. The van der Waals surface area contributed by atoms with E-state index in [0.717, 1.165) is 0 Å². The van der Waals surface area contributed by atoms with Gasteiger partial charge in [-0.3, -0.25) is 0 Å². The van der Waals surface area contributed by atoms with Crippen molar-refractivity contribution in [3.05, 3.63) is 23.9 Å². The third kappa shape index (κ3) is 2.71. The zero-order valence-electron chi connectivity index (χ0n) is 7.78. The molecule has 72 valence electrons. The second-order valence-corrected chi connectivity index (χ2v) is 2.88. The van der Waals surface area contributed by atoms with Crippen molar-refractivity contribution in [3.8, 4) is 17.7 Å². The van der Waals surface area contributed by atoms with Gasteiger partial charge in [0.1, 0.15) is 4.99 Å². The summed E-state index contributed by atoms with van der Waals surface area (Å²) in [6, 6.07) is 3.52. The van der Waals surface area contributed by atoms with Crippen LogP contribution in [0.4, 0.5) is 0 Å². The van der Waals surface area contributed by atoms with Crippen LogP contribution in [0.5, 0.6) is 5.88 Å². The average molecular weight is 206 g/mol. The normalized spacial score (nSPS) is 8.64. The number of ether oxygens (including phenoxy) is 1. The Labute approximate surface area is 88.3 Å². The molecule has 4 heteroatoms. The Hall–Kier alpha value is -1.60. The van der Waals surface area contributed by atoms with Crippen molar-refractivity contribution in [2.24, 2.45) is 5.73 Å². The molecule has 3 nitrogen and oxygen atoms in total. The lowest BCUT2D eigenvalue weighted by molar-refractivity contribution is 0.354. The highest BCUT2D eigenvalue weighted by atomic mass is 32.1. The summed E-state index contributed by atoms with van der Waals surface area (Å²) < 4.78 is 5.29. The van der Waals surface area contributed by atoms with Crippen LogP contribution in [0.25, 0.3) is 0 Å². The molecule has 0 fully saturated rings. The highest BCUT2D eigenvalue weighted by Gasteiger charge is 2.05. The van der Waals surface area contributed by atoms with Crippen LogP contribution in [0.2, 0.25) is 0 Å². The van der Waals surface area contributed by atoms with Gasteiger partial charge in [0, 0.05) is 6.20 Å². The third-order valence-electron chi connectivity index (χ3n) is 1.49. The van der Waals surface area contributed by atoms with Crippen LogP contribution in [0.1, 0.15) is 12.5 Å². The number of nitrogens with zero attached hydrogens (tertiary/aromatic N) is 1. The first-order valence-corrected chi connectivity index (χ1v) is 4.43. The van der Waals surface area contributed by atoms with Gasteiger partial charge in [-0.05, 0) is 19.1 Å². The van der Waals surface area contributed by atoms with Crippen LogP contribution in [0.15, 0.2) is 18.3 Å². The van der Waals surface area contributed by atoms with Crippen molar-refractivity contribution >= 4 is 17.2 Å². The quantitative estimate of drug-likeness (QED) is 0.594. The highest BCUT2D eigenvalue weighted by Crippen LogP contribution is 2.13. The molecule has 1 heterocycles. The molecule has 0 bridgehead atoms. The van der Waals surface area contributed by atoms with E-state index in [1.54, 1.807) is 25.3 Å². The smallest absolute Gasteiger partial charge is 0.224 e. The van der Waals surface area contributed by atoms with Crippen LogP contribution in [-0.4, -0.2) is 16.6 Å². The Morgan fingerprint density at radius 2 is 2.50 bits per heavy atom. The standard InChI is InChI=1S/C10H10N2OS/c1-2-3-7-13-10-8(9(11)14)5-4-6-12-10/h4-6H,7H2,1H3,(H2,11,14). The van der Waals surface area contributed by atoms with E-state index < -0.39 is 0 Å². The molecule has 0 aliphatic carbocycles. The van der Waals surface area contributed by atoms with E-state index in [9.17, 15) is 0 Å². The summed E-state index contributed by atoms with van der Waals surface area (Å²) in [5.74, 6) is 5.92. The molecule has 1 aromatic rings. The van der Waals surface area contributed by atoms with E-state index >= 15 is 0 Å². The van der Waals surface area contributed by atoms with Gasteiger partial charge in [0.2, 0.25) is 5.88 Å². The molecule has 2 N–H and O–H groups in total. The summed E-state index contributed by atoms with van der Waals surface area (Å²) in [5, 5.41) is 0. The van der Waals surface area contributed by atoms with E-state index in [1.807, 2.05) is 0 Å². The fourth-order valence-electron chi connectivity index (χ4n) is 0.870. The molecular formula is C10H10N2OS. The Morgan fingerprint density at radius 1 is 1.71 bits per heavy atom. The number of pyridine rings is 1. The summed E-state index contributed by atoms with van der Waals surface area (Å²) in [4.78, 5) is 4.29. The molecule has 0 unspecified atom stereocenters. The summed E-state index contributed by atoms with van der Waals surface area (Å²) in [6.07, 6.45) is 1.62. The maximum Gasteiger partial charge on any atom is 0.224 e. The largest absolute Gasteiger partial charge is 0.464 e. The minimum Gasteiger partial charge on any atom is -0.464 e. The molecule has 0 atom stereocenters. The average Bonchev–Trinajstić information content (AvgIpc) is 2.19. The van der Waals surface area contributed by atoms with Gasteiger partial charge < -0.3 is 10.5 Å². The minimum absolute atomic E-state index is 0.276. The lowest BCUT2D eigenvalue weighted by Gasteiger charge is -2.05. The Morgan fingerprint density at radius 3 is 3.14 bits per heavy atom. The fraction of sp³-hybridized carbons (Fsp3) is 0.200. The number of aromatic nitrogens is 1. The van der Waals surface area contributed by atoms with E-state index in [-0.39, 0.29) is 4.99 Å². The second kappa shape index (κ2) is 5.20. The molecule has 0 spiro atoms. The lowest BCUT2D eigenvalue weighted by atomic mass is 10.3. The van der Waals surface area contributed by atoms with Gasteiger partial charge >= 0.3 is 0 Å². The number of thiocarbonyl (C=S) groups is 1. The Balaban J connectivity index is 2.83. The first kappa shape index (κ1) is 10.5. The summed E-state index contributed by atoms with van der Waals surface area (Å²) >= 11 is 4.85. The van der Waals surface area contributed by atoms with Gasteiger partial charge in [0.05, 0.1) is 5.56 Å². The molecule has 0 amide bonds. The van der Waals surface area contributed by atoms with Gasteiger partial charge in [0.15, 0.2) is 6.61 Å². The highest BCUT2D eigenvalue weighted by molar-refractivity contribution is 7.80. The Kier molecular flexibility index (Phi) is 3.89. The Bertz CT molecular complexity index is 393.